The van der Waals surface area contributed by atoms with E-state index in [-0.39, 0.29) is 29.9 Å². The van der Waals surface area contributed by atoms with Gasteiger partial charge in [0.2, 0.25) is 0 Å². The van der Waals surface area contributed by atoms with E-state index in [4.69, 9.17) is 9.47 Å². The van der Waals surface area contributed by atoms with Crippen molar-refractivity contribution in [3.63, 3.8) is 0 Å². The summed E-state index contributed by atoms with van der Waals surface area (Å²) >= 11 is 0. The maximum atomic E-state index is 11.6. The highest BCUT2D eigenvalue weighted by Gasteiger charge is 2.59. The second-order valence-corrected chi connectivity index (χ2v) is 15.7. The van der Waals surface area contributed by atoms with Gasteiger partial charge in [-0.2, -0.15) is 0 Å². The van der Waals surface area contributed by atoms with Crippen LogP contribution in [0.4, 0.5) is 0 Å². The molecule has 0 heterocycles. The summed E-state index contributed by atoms with van der Waals surface area (Å²) in [6.07, 6.45) is 29.9. The number of aliphatic hydroxyl groups is 2. The molecule has 0 aliphatic heterocycles. The Morgan fingerprint density at radius 3 is 1.58 bits per heavy atom. The lowest BCUT2D eigenvalue weighted by Gasteiger charge is -2.55. The van der Waals surface area contributed by atoms with Crippen molar-refractivity contribution in [2.45, 2.75) is 132 Å². The third-order valence-electron chi connectivity index (χ3n) is 9.71. The van der Waals surface area contributed by atoms with Gasteiger partial charge in [0.1, 0.15) is 17.8 Å². The van der Waals surface area contributed by atoms with Gasteiger partial charge in [-0.25, -0.2) is 0 Å². The van der Waals surface area contributed by atoms with Gasteiger partial charge in [-0.1, -0.05) is 135 Å². The van der Waals surface area contributed by atoms with E-state index in [0.29, 0.717) is 6.42 Å². The van der Waals surface area contributed by atoms with Crippen molar-refractivity contribution in [2.24, 2.45) is 10.8 Å². The van der Waals surface area contributed by atoms with Crippen LogP contribution in [0.5, 0.6) is 0 Å². The number of carbonyl (C=O) groups excluding carboxylic acids is 2. The summed E-state index contributed by atoms with van der Waals surface area (Å²) in [6.45, 7) is 22.9. The van der Waals surface area contributed by atoms with Crippen LogP contribution >= 0.6 is 0 Å². The van der Waals surface area contributed by atoms with E-state index in [1.54, 1.807) is 13.0 Å². The molecule has 50 heavy (non-hydrogen) atoms. The van der Waals surface area contributed by atoms with Gasteiger partial charge in [0.15, 0.2) is 0 Å². The second-order valence-electron chi connectivity index (χ2n) is 15.7. The van der Waals surface area contributed by atoms with Crippen LogP contribution in [-0.2, 0) is 19.1 Å². The molecule has 1 saturated carbocycles. The summed E-state index contributed by atoms with van der Waals surface area (Å²) in [5.74, 6) is -0.603. The Hall–Kier alpha value is -3.74. The zero-order chi connectivity index (χ0) is 37.9. The lowest BCUT2D eigenvalue weighted by atomic mass is 9.57. The van der Waals surface area contributed by atoms with Crippen LogP contribution in [-0.4, -0.2) is 45.6 Å². The highest BCUT2D eigenvalue weighted by molar-refractivity contribution is 5.66. The number of rotatable bonds is 12. The molecular weight excluding hydrogens is 624 g/mol. The van der Waals surface area contributed by atoms with Crippen molar-refractivity contribution in [1.29, 1.82) is 0 Å². The van der Waals surface area contributed by atoms with Gasteiger partial charge in [0, 0.05) is 32.1 Å². The molecule has 4 atom stereocenters. The summed E-state index contributed by atoms with van der Waals surface area (Å²) in [4.78, 5) is 22.9. The molecule has 0 bridgehead atoms. The lowest BCUT2D eigenvalue weighted by molar-refractivity contribution is -0.222. The van der Waals surface area contributed by atoms with E-state index >= 15 is 0 Å². The van der Waals surface area contributed by atoms with Crippen LogP contribution in [0.2, 0.25) is 0 Å². The average Bonchev–Trinajstić information content (AvgIpc) is 2.95. The Kier molecular flexibility index (Phi) is 15.2. The first-order valence-corrected chi connectivity index (χ1v) is 17.7. The average molecular weight is 687 g/mol. The van der Waals surface area contributed by atoms with Gasteiger partial charge in [-0.15, -0.1) is 0 Å². The largest absolute Gasteiger partial charge is 0.462 e. The minimum atomic E-state index is -1.49. The summed E-state index contributed by atoms with van der Waals surface area (Å²) in [7, 11) is 0. The van der Waals surface area contributed by atoms with Gasteiger partial charge in [-0.05, 0) is 71.4 Å². The first-order chi connectivity index (χ1) is 23.1. The van der Waals surface area contributed by atoms with Gasteiger partial charge < -0.3 is 19.7 Å². The molecule has 0 aromatic heterocycles. The van der Waals surface area contributed by atoms with Crippen LogP contribution in [0.25, 0.3) is 0 Å². The molecule has 6 nitrogen and oxygen atoms in total. The van der Waals surface area contributed by atoms with E-state index in [2.05, 4.69) is 71.1 Å². The maximum Gasteiger partial charge on any atom is 0.302 e. The number of allylic oxidation sites excluding steroid dienone is 18. The fraction of sp³-hybridized carbons (Fsp3) is 0.500. The van der Waals surface area contributed by atoms with Crippen LogP contribution < -0.4 is 0 Å². The molecule has 1 fully saturated rings. The van der Waals surface area contributed by atoms with Crippen LogP contribution in [0.1, 0.15) is 109 Å². The summed E-state index contributed by atoms with van der Waals surface area (Å²) in [5.41, 5.74) is 3.15. The Morgan fingerprint density at radius 1 is 0.640 bits per heavy atom. The fourth-order valence-corrected chi connectivity index (χ4v) is 7.12. The number of hydrogen-bond acceptors (Lipinski definition) is 6. The zero-order valence-corrected chi connectivity index (χ0v) is 32.6. The minimum absolute atomic E-state index is 0.0530. The molecule has 0 saturated heterocycles. The van der Waals surface area contributed by atoms with Gasteiger partial charge in [0.25, 0.3) is 0 Å². The molecule has 274 valence electrons. The van der Waals surface area contributed by atoms with Crippen molar-refractivity contribution >= 4 is 11.9 Å². The highest BCUT2D eigenvalue weighted by atomic mass is 16.5. The van der Waals surface area contributed by atoms with Crippen molar-refractivity contribution in [3.05, 3.63) is 119 Å². The first kappa shape index (κ1) is 42.4. The molecule has 2 aliphatic rings. The zero-order valence-electron chi connectivity index (χ0n) is 32.6. The van der Waals surface area contributed by atoms with Crippen LogP contribution in [0.15, 0.2) is 119 Å². The van der Waals surface area contributed by atoms with Crippen molar-refractivity contribution < 1.29 is 29.3 Å². The van der Waals surface area contributed by atoms with E-state index in [1.807, 2.05) is 70.2 Å². The fourth-order valence-electron chi connectivity index (χ4n) is 7.12. The topological polar surface area (TPSA) is 93.1 Å². The first-order valence-electron chi connectivity index (χ1n) is 17.7. The number of carbonyl (C=O) groups is 2. The predicted molar refractivity (Wildman–Crippen MR) is 206 cm³/mol. The third-order valence-corrected chi connectivity index (χ3v) is 9.71. The van der Waals surface area contributed by atoms with Crippen molar-refractivity contribution in [1.82, 2.24) is 0 Å². The van der Waals surface area contributed by atoms with Crippen LogP contribution in [0, 0.1) is 10.8 Å². The molecule has 2 aliphatic carbocycles. The van der Waals surface area contributed by atoms with Crippen LogP contribution in [0.3, 0.4) is 0 Å². The number of ether oxygens (including phenoxy) is 2. The van der Waals surface area contributed by atoms with Crippen molar-refractivity contribution in [3.8, 4) is 0 Å². The molecule has 6 heteroatoms. The smallest absolute Gasteiger partial charge is 0.302 e. The molecule has 0 aromatic carbocycles. The van der Waals surface area contributed by atoms with E-state index in [0.717, 1.165) is 35.1 Å². The summed E-state index contributed by atoms with van der Waals surface area (Å²) < 4.78 is 10.9. The normalized spacial score (nSPS) is 28.5. The Labute approximate surface area is 302 Å². The van der Waals surface area contributed by atoms with Gasteiger partial charge in [0.05, 0.1) is 5.60 Å². The lowest BCUT2D eigenvalue weighted by Crippen LogP contribution is -2.65. The third kappa shape index (κ3) is 12.5. The number of esters is 2. The quantitative estimate of drug-likeness (QED) is 0.157. The SMILES string of the molecule is CC(=O)O[C@@H]1CC(C)(C)[C@@](O)(/C=C/C(C)=C/C=C/C(C)=C/C=C/C=C(C)/C=C/C=C(C)/C=C/C2=C(C)C[C@H](OC(C)=O)CC2(C)C)[C@@](C)(O)C1. The monoisotopic (exact) mass is 686 g/mol. The summed E-state index contributed by atoms with van der Waals surface area (Å²) in [6, 6.07) is 0. The second kappa shape index (κ2) is 18.0. The molecule has 2 N–H and O–H groups in total. The molecule has 0 radical (unpaired) electrons. The maximum absolute atomic E-state index is 11.6. The van der Waals surface area contributed by atoms with Crippen molar-refractivity contribution in [2.75, 3.05) is 0 Å². The molecular formula is C44H62O6. The molecule has 0 spiro atoms. The van der Waals surface area contributed by atoms with Gasteiger partial charge >= 0.3 is 11.9 Å². The van der Waals surface area contributed by atoms with Gasteiger partial charge in [-0.3, -0.25) is 9.59 Å². The Morgan fingerprint density at radius 2 is 1.10 bits per heavy atom. The van der Waals surface area contributed by atoms with E-state index in [1.165, 1.54) is 25.0 Å². The minimum Gasteiger partial charge on any atom is -0.462 e. The molecule has 0 amide bonds. The highest BCUT2D eigenvalue weighted by Crippen LogP contribution is 2.51. The predicted octanol–water partition coefficient (Wildman–Crippen LogP) is 9.85. The summed E-state index contributed by atoms with van der Waals surface area (Å²) in [5, 5.41) is 22.8. The Balaban J connectivity index is 1.96. The van der Waals surface area contributed by atoms with E-state index < -0.39 is 22.7 Å². The molecule has 0 aromatic rings. The standard InChI is InChI=1S/C44H62O6/c1-31(19-15-21-33(3)23-24-40-35(5)27-38(49-36(6)45)28-41(40,8)9)17-13-14-18-32(2)20-16-22-34(4)25-26-44(48)42(10,11)29-39(50-37(7)46)30-43(44,12)47/h13-26,38-39,47-48H,27-30H2,1-12H3/b14-13+,19-15+,20-16+,24-23+,26-25+,31-17+,32-18+,33-21+,34-22+/t38-,39+,43-,44-/m0/s1. The number of hydrogen-bond donors (Lipinski definition) is 2. The molecule has 0 unspecified atom stereocenters. The van der Waals surface area contributed by atoms with E-state index in [9.17, 15) is 19.8 Å². The molecule has 2 rings (SSSR count). The Bertz CT molecular complexity index is 1530.